The van der Waals surface area contributed by atoms with E-state index in [9.17, 15) is 4.79 Å². The van der Waals surface area contributed by atoms with Crippen LogP contribution in [0.1, 0.15) is 12.8 Å². The van der Waals surface area contributed by atoms with Crippen molar-refractivity contribution in [3.05, 3.63) is 48.7 Å². The SMILES string of the molecule is Cl.Cl.O=C(CNc1ccccc1)Nc1ccc(N2CCCC2)nc1. The van der Waals surface area contributed by atoms with Crippen molar-refractivity contribution in [3.8, 4) is 0 Å². The molecule has 0 spiro atoms. The number of carbonyl (C=O) groups is 1. The molecule has 1 aromatic carbocycles. The number of para-hydroxylation sites is 1. The zero-order chi connectivity index (χ0) is 15.2. The average Bonchev–Trinajstić information content (AvgIpc) is 3.09. The van der Waals surface area contributed by atoms with Crippen LogP contribution < -0.4 is 15.5 Å². The predicted octanol–water partition coefficient (Wildman–Crippen LogP) is 3.58. The minimum absolute atomic E-state index is 0. The number of amides is 1. The molecule has 0 aliphatic carbocycles. The number of aromatic nitrogens is 1. The molecular weight excluding hydrogens is 347 g/mol. The van der Waals surface area contributed by atoms with Gasteiger partial charge in [-0.15, -0.1) is 24.8 Å². The van der Waals surface area contributed by atoms with Gasteiger partial charge in [0.25, 0.3) is 0 Å². The molecule has 1 aromatic heterocycles. The number of nitrogens with one attached hydrogen (secondary N) is 2. The Morgan fingerprint density at radius 2 is 1.71 bits per heavy atom. The number of benzene rings is 1. The lowest BCUT2D eigenvalue weighted by Gasteiger charge is -2.16. The van der Waals surface area contributed by atoms with E-state index in [1.165, 1.54) is 12.8 Å². The van der Waals surface area contributed by atoms with Gasteiger partial charge in [0.2, 0.25) is 5.91 Å². The summed E-state index contributed by atoms with van der Waals surface area (Å²) in [5.41, 5.74) is 1.66. The largest absolute Gasteiger partial charge is 0.376 e. The highest BCUT2D eigenvalue weighted by atomic mass is 35.5. The Morgan fingerprint density at radius 3 is 2.33 bits per heavy atom. The molecule has 3 rings (SSSR count). The molecule has 7 heteroatoms. The van der Waals surface area contributed by atoms with Crippen LogP contribution in [0.25, 0.3) is 0 Å². The molecule has 0 bridgehead atoms. The molecule has 1 aliphatic heterocycles. The fourth-order valence-electron chi connectivity index (χ4n) is 2.54. The van der Waals surface area contributed by atoms with Crippen LogP contribution in [0, 0.1) is 0 Å². The van der Waals surface area contributed by atoms with E-state index in [1.807, 2.05) is 42.5 Å². The van der Waals surface area contributed by atoms with E-state index in [4.69, 9.17) is 0 Å². The topological polar surface area (TPSA) is 57.3 Å². The number of pyridine rings is 1. The lowest BCUT2D eigenvalue weighted by atomic mass is 10.3. The van der Waals surface area contributed by atoms with Crippen LogP contribution in [0.3, 0.4) is 0 Å². The van der Waals surface area contributed by atoms with Crippen molar-refractivity contribution in [2.24, 2.45) is 0 Å². The minimum Gasteiger partial charge on any atom is -0.376 e. The number of carbonyl (C=O) groups excluding carboxylic acids is 1. The Balaban J connectivity index is 0.00000144. The fourth-order valence-corrected chi connectivity index (χ4v) is 2.54. The van der Waals surface area contributed by atoms with Crippen molar-refractivity contribution < 1.29 is 4.79 Å². The standard InChI is InChI=1S/C17H20N4O.2ClH/c22-17(13-18-14-6-2-1-3-7-14)20-15-8-9-16(19-12-15)21-10-4-5-11-21;;/h1-3,6-9,12,18H,4-5,10-11,13H2,(H,20,22);2*1H. The molecule has 2 N–H and O–H groups in total. The molecular formula is C17H22Cl2N4O. The smallest absolute Gasteiger partial charge is 0.243 e. The van der Waals surface area contributed by atoms with Gasteiger partial charge in [-0.2, -0.15) is 0 Å². The number of anilines is 3. The second kappa shape index (κ2) is 10.0. The van der Waals surface area contributed by atoms with Crippen molar-refractivity contribution in [2.45, 2.75) is 12.8 Å². The Labute approximate surface area is 154 Å². The van der Waals surface area contributed by atoms with Gasteiger partial charge in [-0.1, -0.05) is 18.2 Å². The summed E-state index contributed by atoms with van der Waals surface area (Å²) in [6.07, 6.45) is 4.17. The molecule has 24 heavy (non-hydrogen) atoms. The monoisotopic (exact) mass is 368 g/mol. The second-order valence-corrected chi connectivity index (χ2v) is 5.37. The molecule has 2 aromatic rings. The third kappa shape index (κ3) is 5.58. The van der Waals surface area contributed by atoms with Crippen molar-refractivity contribution >= 4 is 47.9 Å². The summed E-state index contributed by atoms with van der Waals surface area (Å²) < 4.78 is 0. The van der Waals surface area contributed by atoms with Crippen LogP contribution in [0.4, 0.5) is 17.2 Å². The van der Waals surface area contributed by atoms with Crippen molar-refractivity contribution in [3.63, 3.8) is 0 Å². The van der Waals surface area contributed by atoms with Gasteiger partial charge in [0, 0.05) is 18.8 Å². The van der Waals surface area contributed by atoms with Crippen molar-refractivity contribution in [2.75, 3.05) is 35.2 Å². The molecule has 0 unspecified atom stereocenters. The zero-order valence-electron chi connectivity index (χ0n) is 13.3. The number of hydrogen-bond acceptors (Lipinski definition) is 4. The first-order valence-electron chi connectivity index (χ1n) is 7.61. The van der Waals surface area contributed by atoms with Crippen LogP contribution >= 0.6 is 24.8 Å². The second-order valence-electron chi connectivity index (χ2n) is 5.37. The van der Waals surface area contributed by atoms with Crippen LogP contribution in [0.2, 0.25) is 0 Å². The van der Waals surface area contributed by atoms with E-state index in [0.29, 0.717) is 0 Å². The molecule has 1 saturated heterocycles. The molecule has 2 heterocycles. The number of nitrogens with zero attached hydrogens (tertiary/aromatic N) is 2. The van der Waals surface area contributed by atoms with Crippen molar-refractivity contribution in [1.82, 2.24) is 4.98 Å². The van der Waals surface area contributed by atoms with E-state index >= 15 is 0 Å². The lowest BCUT2D eigenvalue weighted by Crippen LogP contribution is -2.22. The molecule has 1 aliphatic rings. The summed E-state index contributed by atoms with van der Waals surface area (Å²) in [7, 11) is 0. The summed E-state index contributed by atoms with van der Waals surface area (Å²) in [4.78, 5) is 18.6. The first-order valence-corrected chi connectivity index (χ1v) is 7.61. The highest BCUT2D eigenvalue weighted by Crippen LogP contribution is 2.19. The van der Waals surface area contributed by atoms with Gasteiger partial charge in [0.05, 0.1) is 18.4 Å². The number of hydrogen-bond donors (Lipinski definition) is 2. The first-order chi connectivity index (χ1) is 10.8. The van der Waals surface area contributed by atoms with E-state index < -0.39 is 0 Å². The molecule has 0 atom stereocenters. The quantitative estimate of drug-likeness (QED) is 0.846. The molecule has 5 nitrogen and oxygen atoms in total. The highest BCUT2D eigenvalue weighted by Gasteiger charge is 2.13. The van der Waals surface area contributed by atoms with Crippen LogP contribution in [0.5, 0.6) is 0 Å². The Morgan fingerprint density at radius 1 is 1.00 bits per heavy atom. The van der Waals surface area contributed by atoms with Crippen LogP contribution in [-0.4, -0.2) is 30.5 Å². The van der Waals surface area contributed by atoms with Gasteiger partial charge < -0.3 is 15.5 Å². The fraction of sp³-hybridized carbons (Fsp3) is 0.294. The Kier molecular flexibility index (Phi) is 8.36. The molecule has 0 saturated carbocycles. The Bertz CT molecular complexity index is 616. The average molecular weight is 369 g/mol. The maximum atomic E-state index is 11.9. The van der Waals surface area contributed by atoms with Gasteiger partial charge in [-0.05, 0) is 37.1 Å². The summed E-state index contributed by atoms with van der Waals surface area (Å²) in [5, 5.41) is 5.93. The summed E-state index contributed by atoms with van der Waals surface area (Å²) in [6, 6.07) is 13.5. The third-order valence-corrected chi connectivity index (χ3v) is 3.69. The first kappa shape index (κ1) is 20.1. The number of rotatable bonds is 5. The van der Waals surface area contributed by atoms with Crippen molar-refractivity contribution in [1.29, 1.82) is 0 Å². The Hall–Kier alpha value is -1.98. The summed E-state index contributed by atoms with van der Waals surface area (Å²) in [6.45, 7) is 2.37. The predicted molar refractivity (Wildman–Crippen MR) is 104 cm³/mol. The molecule has 1 fully saturated rings. The maximum Gasteiger partial charge on any atom is 0.243 e. The minimum atomic E-state index is -0.0837. The third-order valence-electron chi connectivity index (χ3n) is 3.69. The molecule has 130 valence electrons. The van der Waals surface area contributed by atoms with E-state index in [-0.39, 0.29) is 37.3 Å². The van der Waals surface area contributed by atoms with E-state index in [1.54, 1.807) is 6.20 Å². The van der Waals surface area contributed by atoms with Crippen LogP contribution in [0.15, 0.2) is 48.7 Å². The van der Waals surface area contributed by atoms with Gasteiger partial charge in [-0.3, -0.25) is 4.79 Å². The number of halogens is 2. The van der Waals surface area contributed by atoms with Crippen LogP contribution in [-0.2, 0) is 4.79 Å². The molecule has 1 amide bonds. The molecule has 0 radical (unpaired) electrons. The zero-order valence-corrected chi connectivity index (χ0v) is 14.9. The normalized spacial score (nSPS) is 12.8. The van der Waals surface area contributed by atoms with E-state index in [0.717, 1.165) is 30.3 Å². The van der Waals surface area contributed by atoms with Gasteiger partial charge in [-0.25, -0.2) is 4.98 Å². The van der Waals surface area contributed by atoms with Gasteiger partial charge in [0.15, 0.2) is 0 Å². The lowest BCUT2D eigenvalue weighted by molar-refractivity contribution is -0.114. The van der Waals surface area contributed by atoms with Gasteiger partial charge in [0.1, 0.15) is 5.82 Å². The highest BCUT2D eigenvalue weighted by molar-refractivity contribution is 5.93. The van der Waals surface area contributed by atoms with Gasteiger partial charge >= 0.3 is 0 Å². The summed E-state index contributed by atoms with van der Waals surface area (Å²) >= 11 is 0. The van der Waals surface area contributed by atoms with E-state index in [2.05, 4.69) is 20.5 Å². The summed E-state index contributed by atoms with van der Waals surface area (Å²) in [5.74, 6) is 0.900. The maximum absolute atomic E-state index is 11.9.